The Labute approximate surface area is 70.3 Å². The highest BCUT2D eigenvalue weighted by Gasteiger charge is 2.07. The van der Waals surface area contributed by atoms with Crippen LogP contribution in [0.5, 0.6) is 0 Å². The smallest absolute Gasteiger partial charge is 0.0540 e. The fraction of sp³-hybridized carbons (Fsp3) is 0.889. The van der Waals surface area contributed by atoms with E-state index < -0.39 is 0 Å². The van der Waals surface area contributed by atoms with Crippen molar-refractivity contribution in [3.8, 4) is 0 Å². The second kappa shape index (κ2) is 6.35. The van der Waals surface area contributed by atoms with Crippen molar-refractivity contribution >= 4 is 6.21 Å². The van der Waals surface area contributed by atoms with Gasteiger partial charge in [-0.2, -0.15) is 0 Å². The van der Waals surface area contributed by atoms with Gasteiger partial charge in [-0.15, -0.1) is 0 Å². The molecule has 0 saturated carbocycles. The molecule has 0 heterocycles. The number of nitrogens with zero attached hydrogens (tertiary/aromatic N) is 2. The van der Waals surface area contributed by atoms with Crippen LogP contribution in [0.25, 0.3) is 0 Å². The molecule has 0 aromatic rings. The average Bonchev–Trinajstić information content (AvgIpc) is 1.97. The molecule has 0 aliphatic heterocycles. The second-order valence-corrected chi connectivity index (χ2v) is 3.03. The zero-order chi connectivity index (χ0) is 8.69. The van der Waals surface area contributed by atoms with Crippen molar-refractivity contribution in [3.05, 3.63) is 0 Å². The van der Waals surface area contributed by atoms with E-state index in [2.05, 4.69) is 30.9 Å². The molecule has 1 atom stereocenters. The first-order valence-corrected chi connectivity index (χ1v) is 4.33. The maximum atomic E-state index is 4.25. The molecule has 0 fully saturated rings. The van der Waals surface area contributed by atoms with Crippen molar-refractivity contribution < 1.29 is 0 Å². The van der Waals surface area contributed by atoms with Crippen LogP contribution in [0.15, 0.2) is 4.99 Å². The molecule has 2 heteroatoms. The van der Waals surface area contributed by atoms with Crippen LogP contribution in [-0.2, 0) is 0 Å². The molecule has 0 aromatic heterocycles. The van der Waals surface area contributed by atoms with E-state index in [0.29, 0.717) is 6.04 Å². The fourth-order valence-electron chi connectivity index (χ4n) is 1.07. The topological polar surface area (TPSA) is 15.6 Å². The fourth-order valence-corrected chi connectivity index (χ4v) is 1.07. The Bertz CT molecular complexity index is 108. The van der Waals surface area contributed by atoms with Crippen molar-refractivity contribution in [1.82, 2.24) is 4.90 Å². The molecule has 0 saturated heterocycles. The van der Waals surface area contributed by atoms with E-state index in [1.54, 1.807) is 0 Å². The van der Waals surface area contributed by atoms with Crippen molar-refractivity contribution in [1.29, 1.82) is 0 Å². The van der Waals surface area contributed by atoms with Gasteiger partial charge in [-0.25, -0.2) is 0 Å². The molecule has 0 N–H and O–H groups in total. The molecule has 0 radical (unpaired) electrons. The van der Waals surface area contributed by atoms with Crippen LogP contribution >= 0.6 is 0 Å². The van der Waals surface area contributed by atoms with E-state index in [1.807, 2.05) is 13.1 Å². The van der Waals surface area contributed by atoms with E-state index in [4.69, 9.17) is 0 Å². The highest BCUT2D eigenvalue weighted by atomic mass is 15.1. The lowest BCUT2D eigenvalue weighted by Crippen LogP contribution is -2.30. The van der Waals surface area contributed by atoms with Gasteiger partial charge in [0, 0.05) is 6.04 Å². The summed E-state index contributed by atoms with van der Waals surface area (Å²) in [6.07, 6.45) is 4.36. The van der Waals surface area contributed by atoms with Crippen LogP contribution in [0.3, 0.4) is 0 Å². The first-order chi connectivity index (χ1) is 5.22. The van der Waals surface area contributed by atoms with Crippen LogP contribution in [0, 0.1) is 0 Å². The molecule has 2 nitrogen and oxygen atoms in total. The van der Waals surface area contributed by atoms with Gasteiger partial charge in [-0.3, -0.25) is 4.99 Å². The molecule has 0 spiro atoms. The third-order valence-corrected chi connectivity index (χ3v) is 1.85. The van der Waals surface area contributed by atoms with E-state index >= 15 is 0 Å². The minimum atomic E-state index is 0.621. The highest BCUT2D eigenvalue weighted by molar-refractivity contribution is 5.53. The summed E-state index contributed by atoms with van der Waals surface area (Å²) >= 11 is 0. The largest absolute Gasteiger partial charge is 0.305 e. The van der Waals surface area contributed by atoms with Gasteiger partial charge in [0.15, 0.2) is 0 Å². The molecular formula is C9H20N2. The lowest BCUT2D eigenvalue weighted by molar-refractivity contribution is 0.284. The molecular weight excluding hydrogens is 136 g/mol. The summed E-state index contributed by atoms with van der Waals surface area (Å²) in [4.78, 5) is 6.49. The Morgan fingerprint density at radius 1 is 1.45 bits per heavy atom. The van der Waals surface area contributed by atoms with Gasteiger partial charge in [-0.05, 0) is 33.7 Å². The number of hydrogen-bond acceptors (Lipinski definition) is 2. The zero-order valence-corrected chi connectivity index (χ0v) is 8.17. The molecule has 0 aliphatic rings. The first kappa shape index (κ1) is 10.6. The number of likely N-dealkylation sites (N-methyl/N-ethyl adjacent to an activating group) is 1. The van der Waals surface area contributed by atoms with E-state index in [0.717, 1.165) is 6.54 Å². The van der Waals surface area contributed by atoms with Gasteiger partial charge in [0.05, 0.1) is 6.54 Å². The Kier molecular flexibility index (Phi) is 6.13. The summed E-state index contributed by atoms with van der Waals surface area (Å²) in [6.45, 7) is 5.13. The van der Waals surface area contributed by atoms with Gasteiger partial charge in [0.1, 0.15) is 0 Å². The van der Waals surface area contributed by atoms with E-state index in [9.17, 15) is 0 Å². The van der Waals surface area contributed by atoms with Crippen LogP contribution in [-0.4, -0.2) is 37.8 Å². The molecule has 11 heavy (non-hydrogen) atoms. The minimum Gasteiger partial charge on any atom is -0.305 e. The van der Waals surface area contributed by atoms with Crippen LogP contribution in [0.1, 0.15) is 26.7 Å². The summed E-state index contributed by atoms with van der Waals surface area (Å²) in [7, 11) is 4.23. The quantitative estimate of drug-likeness (QED) is 0.554. The SMILES string of the molecule is CC=NCC(CCC)N(C)C. The predicted molar refractivity (Wildman–Crippen MR) is 51.4 cm³/mol. The molecule has 66 valence electrons. The van der Waals surface area contributed by atoms with Crippen molar-refractivity contribution in [3.63, 3.8) is 0 Å². The maximum Gasteiger partial charge on any atom is 0.0540 e. The number of aliphatic imine (C=N–C) groups is 1. The highest BCUT2D eigenvalue weighted by Crippen LogP contribution is 2.02. The van der Waals surface area contributed by atoms with E-state index in [-0.39, 0.29) is 0 Å². The van der Waals surface area contributed by atoms with Crippen LogP contribution < -0.4 is 0 Å². The van der Waals surface area contributed by atoms with Gasteiger partial charge in [-0.1, -0.05) is 13.3 Å². The summed E-state index contributed by atoms with van der Waals surface area (Å²) in [5, 5.41) is 0. The van der Waals surface area contributed by atoms with Crippen LogP contribution in [0.4, 0.5) is 0 Å². The molecule has 1 unspecified atom stereocenters. The Balaban J connectivity index is 3.69. The lowest BCUT2D eigenvalue weighted by Gasteiger charge is -2.21. The molecule has 0 aliphatic carbocycles. The average molecular weight is 156 g/mol. The summed E-state index contributed by atoms with van der Waals surface area (Å²) in [5.41, 5.74) is 0. The van der Waals surface area contributed by atoms with Crippen LogP contribution in [0.2, 0.25) is 0 Å². The van der Waals surface area contributed by atoms with Gasteiger partial charge in [0.2, 0.25) is 0 Å². The third-order valence-electron chi connectivity index (χ3n) is 1.85. The first-order valence-electron chi connectivity index (χ1n) is 4.33. The van der Waals surface area contributed by atoms with Gasteiger partial charge in [0.25, 0.3) is 0 Å². The van der Waals surface area contributed by atoms with Gasteiger partial charge < -0.3 is 4.90 Å². The number of hydrogen-bond donors (Lipinski definition) is 0. The standard InChI is InChI=1S/C9H20N2/c1-5-7-9(11(3)4)8-10-6-2/h6,9H,5,7-8H2,1-4H3. The third kappa shape index (κ3) is 4.96. The predicted octanol–water partition coefficient (Wildman–Crippen LogP) is 1.81. The number of rotatable bonds is 5. The summed E-state index contributed by atoms with van der Waals surface area (Å²) in [6, 6.07) is 0.621. The monoisotopic (exact) mass is 156 g/mol. The Morgan fingerprint density at radius 2 is 2.09 bits per heavy atom. The van der Waals surface area contributed by atoms with Gasteiger partial charge >= 0.3 is 0 Å². The maximum absolute atomic E-state index is 4.25. The molecule has 0 amide bonds. The molecule has 0 rings (SSSR count). The lowest BCUT2D eigenvalue weighted by atomic mass is 10.1. The van der Waals surface area contributed by atoms with E-state index in [1.165, 1.54) is 12.8 Å². The minimum absolute atomic E-state index is 0.621. The molecule has 0 bridgehead atoms. The van der Waals surface area contributed by atoms with Crippen molar-refractivity contribution in [2.24, 2.45) is 4.99 Å². The van der Waals surface area contributed by atoms with Crippen molar-refractivity contribution in [2.45, 2.75) is 32.7 Å². The normalized spacial score (nSPS) is 14.6. The second-order valence-electron chi connectivity index (χ2n) is 3.03. The summed E-state index contributed by atoms with van der Waals surface area (Å²) < 4.78 is 0. The molecule has 0 aromatic carbocycles. The van der Waals surface area contributed by atoms with Crippen molar-refractivity contribution in [2.75, 3.05) is 20.6 Å². The Hall–Kier alpha value is -0.370. The zero-order valence-electron chi connectivity index (χ0n) is 8.17. The summed E-state index contributed by atoms with van der Waals surface area (Å²) in [5.74, 6) is 0. The Morgan fingerprint density at radius 3 is 2.45 bits per heavy atom.